The lowest BCUT2D eigenvalue weighted by molar-refractivity contribution is -0.115. The summed E-state index contributed by atoms with van der Waals surface area (Å²) in [7, 11) is 1.91. The van der Waals surface area contributed by atoms with Gasteiger partial charge in [-0.3, -0.25) is 9.48 Å². The third kappa shape index (κ3) is 2.91. The topological polar surface area (TPSA) is 50.2 Å². The van der Waals surface area contributed by atoms with Crippen molar-refractivity contribution in [1.29, 1.82) is 0 Å². The molecule has 0 atom stereocenters. The van der Waals surface area contributed by atoms with Crippen molar-refractivity contribution in [3.05, 3.63) is 27.0 Å². The number of carbonyl (C=O) groups excluding carboxylic acids is 1. The molecule has 1 aliphatic rings. The Labute approximate surface area is 132 Å². The zero-order chi connectivity index (χ0) is 15.0. The quantitative estimate of drug-likeness (QED) is 0.941. The summed E-state index contributed by atoms with van der Waals surface area (Å²) in [6.45, 7) is 3.95. The molecular formula is C14H17ClN4OS. The number of nitrogens with one attached hydrogen (secondary N) is 1. The molecule has 0 unspecified atom stereocenters. The first-order valence-corrected chi connectivity index (χ1v) is 8.06. The Morgan fingerprint density at radius 3 is 2.81 bits per heavy atom. The summed E-state index contributed by atoms with van der Waals surface area (Å²) < 4.78 is 2.54. The minimum atomic E-state index is -0.0357. The average Bonchev–Trinajstić information content (AvgIpc) is 2.86. The van der Waals surface area contributed by atoms with E-state index in [9.17, 15) is 4.79 Å². The average molecular weight is 325 g/mol. The predicted molar refractivity (Wildman–Crippen MR) is 86.4 cm³/mol. The first kappa shape index (κ1) is 14.4. The minimum absolute atomic E-state index is 0.0357. The number of rotatable bonds is 4. The maximum atomic E-state index is 12.2. The molecule has 2 aromatic rings. The number of nitrogens with zero attached hydrogens (tertiary/aromatic N) is 3. The summed E-state index contributed by atoms with van der Waals surface area (Å²) in [6, 6.07) is 3.70. The molecule has 3 rings (SSSR count). The number of aromatic nitrogens is 2. The van der Waals surface area contributed by atoms with Gasteiger partial charge in [0.25, 0.3) is 0 Å². The van der Waals surface area contributed by atoms with Crippen LogP contribution in [0, 0.1) is 6.92 Å². The fraction of sp³-hybridized carbons (Fsp3) is 0.429. The second-order valence-corrected chi connectivity index (χ2v) is 6.98. The van der Waals surface area contributed by atoms with Gasteiger partial charge in [0.15, 0.2) is 5.82 Å². The highest BCUT2D eigenvalue weighted by molar-refractivity contribution is 7.16. The maximum absolute atomic E-state index is 12.2. The molecule has 0 aliphatic carbocycles. The number of hydrogen-bond acceptors (Lipinski definition) is 4. The van der Waals surface area contributed by atoms with E-state index in [4.69, 9.17) is 11.6 Å². The highest BCUT2D eigenvalue weighted by Crippen LogP contribution is 2.32. The van der Waals surface area contributed by atoms with Crippen LogP contribution in [0.1, 0.15) is 17.0 Å². The third-order valence-corrected chi connectivity index (χ3v) is 4.81. The van der Waals surface area contributed by atoms with Gasteiger partial charge in [0, 0.05) is 25.0 Å². The van der Waals surface area contributed by atoms with Crippen molar-refractivity contribution in [3.63, 3.8) is 0 Å². The van der Waals surface area contributed by atoms with Gasteiger partial charge in [-0.05, 0) is 25.5 Å². The van der Waals surface area contributed by atoms with Gasteiger partial charge in [0.2, 0.25) is 5.91 Å². The number of halogens is 1. The fourth-order valence-electron chi connectivity index (χ4n) is 2.47. The molecule has 2 aromatic heterocycles. The van der Waals surface area contributed by atoms with Crippen LogP contribution in [0.15, 0.2) is 12.1 Å². The highest BCUT2D eigenvalue weighted by atomic mass is 35.5. The van der Waals surface area contributed by atoms with Crippen molar-refractivity contribution in [2.75, 3.05) is 23.3 Å². The minimum Gasteiger partial charge on any atom is -0.355 e. The largest absolute Gasteiger partial charge is 0.355 e. The number of amides is 1. The molecule has 1 fully saturated rings. The van der Waals surface area contributed by atoms with Crippen LogP contribution in [0.2, 0.25) is 4.34 Å². The van der Waals surface area contributed by atoms with Gasteiger partial charge in [0.05, 0.1) is 16.5 Å². The van der Waals surface area contributed by atoms with Crippen LogP contribution < -0.4 is 10.2 Å². The van der Waals surface area contributed by atoms with Crippen LogP contribution in [0.4, 0.5) is 11.5 Å². The molecule has 5 nitrogen and oxygen atoms in total. The standard InChI is InChI=1S/C14H17ClN4OS/c1-9-13(14(18(2)17-9)19-6-3-7-19)16-12(20)8-10-4-5-11(15)21-10/h4-5H,3,6-8H2,1-2H3,(H,16,20). The molecule has 0 saturated carbocycles. The molecule has 0 radical (unpaired) electrons. The van der Waals surface area contributed by atoms with Crippen molar-refractivity contribution in [3.8, 4) is 0 Å². The van der Waals surface area contributed by atoms with Crippen molar-refractivity contribution in [1.82, 2.24) is 9.78 Å². The van der Waals surface area contributed by atoms with E-state index in [-0.39, 0.29) is 5.91 Å². The van der Waals surface area contributed by atoms with Crippen LogP contribution >= 0.6 is 22.9 Å². The van der Waals surface area contributed by atoms with Crippen LogP contribution in [-0.4, -0.2) is 28.8 Å². The lowest BCUT2D eigenvalue weighted by Gasteiger charge is -2.33. The van der Waals surface area contributed by atoms with Gasteiger partial charge in [-0.25, -0.2) is 0 Å². The summed E-state index contributed by atoms with van der Waals surface area (Å²) in [5.41, 5.74) is 1.67. The van der Waals surface area contributed by atoms with E-state index in [2.05, 4.69) is 15.3 Å². The molecular weight excluding hydrogens is 308 g/mol. The Balaban J connectivity index is 1.76. The zero-order valence-electron chi connectivity index (χ0n) is 12.0. The van der Waals surface area contributed by atoms with Gasteiger partial charge in [-0.1, -0.05) is 11.6 Å². The molecule has 1 saturated heterocycles. The lowest BCUT2D eigenvalue weighted by Crippen LogP contribution is -2.39. The molecule has 1 amide bonds. The van der Waals surface area contributed by atoms with Gasteiger partial charge >= 0.3 is 0 Å². The summed E-state index contributed by atoms with van der Waals surface area (Å²) in [5.74, 6) is 0.961. The van der Waals surface area contributed by atoms with E-state index in [1.54, 1.807) is 0 Å². The Hall–Kier alpha value is -1.53. The van der Waals surface area contributed by atoms with Crippen LogP contribution in [-0.2, 0) is 18.3 Å². The van der Waals surface area contributed by atoms with Crippen molar-refractivity contribution >= 4 is 40.4 Å². The van der Waals surface area contributed by atoms with Crippen molar-refractivity contribution in [2.24, 2.45) is 7.05 Å². The number of aryl methyl sites for hydroxylation is 2. The predicted octanol–water partition coefficient (Wildman–Crippen LogP) is 2.83. The molecule has 1 N–H and O–H groups in total. The molecule has 0 aromatic carbocycles. The summed E-state index contributed by atoms with van der Waals surface area (Å²) in [6.07, 6.45) is 1.52. The van der Waals surface area contributed by atoms with Crippen molar-refractivity contribution < 1.29 is 4.79 Å². The highest BCUT2D eigenvalue weighted by Gasteiger charge is 2.24. The molecule has 0 spiro atoms. The fourth-order valence-corrected chi connectivity index (χ4v) is 3.56. The SMILES string of the molecule is Cc1nn(C)c(N2CCC2)c1NC(=O)Cc1ccc(Cl)s1. The first-order valence-electron chi connectivity index (χ1n) is 6.87. The Morgan fingerprint density at radius 2 is 2.24 bits per heavy atom. The van der Waals surface area contributed by atoms with Crippen molar-refractivity contribution in [2.45, 2.75) is 19.8 Å². The molecule has 21 heavy (non-hydrogen) atoms. The number of thiophene rings is 1. The van der Waals surface area contributed by atoms with E-state index in [0.29, 0.717) is 10.8 Å². The summed E-state index contributed by atoms with van der Waals surface area (Å²) in [4.78, 5) is 15.4. The smallest absolute Gasteiger partial charge is 0.229 e. The van der Waals surface area contributed by atoms with Gasteiger partial charge in [-0.2, -0.15) is 5.10 Å². The van der Waals surface area contributed by atoms with Crippen LogP contribution in [0.5, 0.6) is 0 Å². The van der Waals surface area contributed by atoms with E-state index in [0.717, 1.165) is 35.2 Å². The second-order valence-electron chi connectivity index (χ2n) is 5.18. The number of hydrogen-bond donors (Lipinski definition) is 1. The van der Waals surface area contributed by atoms with E-state index >= 15 is 0 Å². The summed E-state index contributed by atoms with van der Waals surface area (Å²) in [5, 5.41) is 7.43. The molecule has 3 heterocycles. The Morgan fingerprint density at radius 1 is 1.48 bits per heavy atom. The maximum Gasteiger partial charge on any atom is 0.229 e. The molecule has 0 bridgehead atoms. The van der Waals surface area contributed by atoms with Crippen LogP contribution in [0.3, 0.4) is 0 Å². The normalized spacial score (nSPS) is 14.1. The number of carbonyl (C=O) groups is 1. The summed E-state index contributed by atoms with van der Waals surface area (Å²) >= 11 is 7.33. The Bertz CT molecular complexity index is 675. The first-order chi connectivity index (χ1) is 10.0. The zero-order valence-corrected chi connectivity index (χ0v) is 13.6. The monoisotopic (exact) mass is 324 g/mol. The molecule has 112 valence electrons. The Kier molecular flexibility index (Phi) is 3.91. The molecule has 1 aliphatic heterocycles. The van der Waals surface area contributed by atoms with Gasteiger partial charge in [-0.15, -0.1) is 11.3 Å². The van der Waals surface area contributed by atoms with Gasteiger partial charge in [0.1, 0.15) is 5.69 Å². The van der Waals surface area contributed by atoms with E-state index < -0.39 is 0 Å². The third-order valence-electron chi connectivity index (χ3n) is 3.58. The van der Waals surface area contributed by atoms with Gasteiger partial charge < -0.3 is 10.2 Å². The lowest BCUT2D eigenvalue weighted by atomic mass is 10.2. The van der Waals surface area contributed by atoms with E-state index in [1.165, 1.54) is 17.8 Å². The van der Waals surface area contributed by atoms with Crippen LogP contribution in [0.25, 0.3) is 0 Å². The number of anilines is 2. The molecule has 7 heteroatoms. The second kappa shape index (κ2) is 5.69. The van der Waals surface area contributed by atoms with E-state index in [1.807, 2.05) is 30.8 Å².